The highest BCUT2D eigenvalue weighted by Crippen LogP contribution is 2.26. The smallest absolute Gasteiger partial charge is 0.374 e. The number of aliphatic hydroxyl groups excluding tert-OH is 1. The Bertz CT molecular complexity index is 318. The van der Waals surface area contributed by atoms with E-state index in [-0.39, 0.29) is 12.2 Å². The number of ether oxygens (including phenoxy) is 2. The average molecular weight is 228 g/mol. The second kappa shape index (κ2) is 5.53. The second-order valence-electron chi connectivity index (χ2n) is 3.52. The van der Waals surface area contributed by atoms with Gasteiger partial charge in [-0.05, 0) is 19.8 Å². The summed E-state index contributed by atoms with van der Waals surface area (Å²) < 4.78 is 9.66. The monoisotopic (exact) mass is 228 g/mol. The van der Waals surface area contributed by atoms with Crippen LogP contribution < -0.4 is 0 Å². The van der Waals surface area contributed by atoms with Crippen LogP contribution in [0.1, 0.15) is 33.1 Å². The van der Waals surface area contributed by atoms with Crippen molar-refractivity contribution >= 4 is 11.9 Å². The summed E-state index contributed by atoms with van der Waals surface area (Å²) in [6, 6.07) is 0. The van der Waals surface area contributed by atoms with Crippen molar-refractivity contribution in [2.75, 3.05) is 6.61 Å². The number of unbranched alkanes of at least 4 members (excludes halogenated alkanes) is 1. The predicted octanol–water partition coefficient (Wildman–Crippen LogP) is 1.48. The first-order valence-electron chi connectivity index (χ1n) is 5.43. The van der Waals surface area contributed by atoms with E-state index in [9.17, 15) is 14.7 Å². The van der Waals surface area contributed by atoms with Crippen molar-refractivity contribution < 1.29 is 24.2 Å². The molecule has 0 radical (unpaired) electrons. The van der Waals surface area contributed by atoms with Crippen LogP contribution in [0.5, 0.6) is 0 Å². The number of rotatable bonds is 5. The highest BCUT2D eigenvalue weighted by Gasteiger charge is 2.38. The van der Waals surface area contributed by atoms with Gasteiger partial charge in [0.05, 0.1) is 6.61 Å². The number of hydrogen-bond donors (Lipinski definition) is 1. The Morgan fingerprint density at radius 3 is 2.75 bits per heavy atom. The molecule has 0 fully saturated rings. The summed E-state index contributed by atoms with van der Waals surface area (Å²) in [7, 11) is 0. The molecule has 0 aromatic rings. The Kier molecular flexibility index (Phi) is 4.34. The molecule has 1 heterocycles. The molecule has 0 bridgehead atoms. The lowest BCUT2D eigenvalue weighted by Gasteiger charge is -2.11. The molecule has 1 unspecified atom stereocenters. The number of esters is 2. The van der Waals surface area contributed by atoms with Gasteiger partial charge in [0.25, 0.3) is 0 Å². The standard InChI is InChI=1S/C11H16O5/c1-3-5-6-7-8(10(13)15-4-2)9(12)11(14)16-7/h7,12H,3-6H2,1-2H3. The molecule has 1 N–H and O–H groups in total. The zero-order valence-corrected chi connectivity index (χ0v) is 9.49. The lowest BCUT2D eigenvalue weighted by atomic mass is 10.0. The van der Waals surface area contributed by atoms with Crippen molar-refractivity contribution in [1.82, 2.24) is 0 Å². The minimum atomic E-state index is -0.843. The van der Waals surface area contributed by atoms with E-state index in [1.165, 1.54) is 0 Å². The van der Waals surface area contributed by atoms with Crippen molar-refractivity contribution in [3.8, 4) is 0 Å². The number of cyclic esters (lactones) is 1. The number of carbonyl (C=O) groups excluding carboxylic acids is 2. The fourth-order valence-electron chi connectivity index (χ4n) is 1.54. The van der Waals surface area contributed by atoms with Gasteiger partial charge in [-0.3, -0.25) is 0 Å². The van der Waals surface area contributed by atoms with Gasteiger partial charge in [-0.1, -0.05) is 13.3 Å². The number of hydrogen-bond acceptors (Lipinski definition) is 5. The molecule has 0 aromatic heterocycles. The number of carbonyl (C=O) groups is 2. The second-order valence-corrected chi connectivity index (χ2v) is 3.52. The van der Waals surface area contributed by atoms with Crippen molar-refractivity contribution in [2.45, 2.75) is 39.2 Å². The van der Waals surface area contributed by atoms with Gasteiger partial charge in [0.15, 0.2) is 0 Å². The molecule has 1 atom stereocenters. The third-order valence-corrected chi connectivity index (χ3v) is 2.33. The third-order valence-electron chi connectivity index (χ3n) is 2.33. The van der Waals surface area contributed by atoms with Gasteiger partial charge >= 0.3 is 11.9 Å². The molecular weight excluding hydrogens is 212 g/mol. The van der Waals surface area contributed by atoms with Gasteiger partial charge < -0.3 is 14.6 Å². The molecule has 1 aliphatic rings. The van der Waals surface area contributed by atoms with Gasteiger partial charge in [0.1, 0.15) is 11.7 Å². The normalized spacial score (nSPS) is 19.9. The lowest BCUT2D eigenvalue weighted by molar-refractivity contribution is -0.143. The fraction of sp³-hybridized carbons (Fsp3) is 0.636. The lowest BCUT2D eigenvalue weighted by Crippen LogP contribution is -2.19. The highest BCUT2D eigenvalue weighted by molar-refractivity contribution is 6.02. The first-order valence-corrected chi connectivity index (χ1v) is 5.43. The average Bonchev–Trinajstić information content (AvgIpc) is 2.52. The van der Waals surface area contributed by atoms with Crippen molar-refractivity contribution in [3.63, 3.8) is 0 Å². The van der Waals surface area contributed by atoms with E-state index >= 15 is 0 Å². The van der Waals surface area contributed by atoms with Crippen LogP contribution in [-0.2, 0) is 19.1 Å². The van der Waals surface area contributed by atoms with E-state index in [4.69, 9.17) is 9.47 Å². The summed E-state index contributed by atoms with van der Waals surface area (Å²) in [4.78, 5) is 22.6. The minimum absolute atomic E-state index is 0.0414. The molecule has 5 heteroatoms. The predicted molar refractivity (Wildman–Crippen MR) is 55.7 cm³/mol. The summed E-state index contributed by atoms with van der Waals surface area (Å²) in [5.41, 5.74) is -0.0414. The zero-order chi connectivity index (χ0) is 12.1. The summed E-state index contributed by atoms with van der Waals surface area (Å²) in [5, 5.41) is 9.43. The van der Waals surface area contributed by atoms with Crippen LogP contribution in [0.4, 0.5) is 0 Å². The Labute approximate surface area is 94.0 Å². The van der Waals surface area contributed by atoms with Gasteiger partial charge in [-0.15, -0.1) is 0 Å². The van der Waals surface area contributed by atoms with Crippen LogP contribution >= 0.6 is 0 Å². The van der Waals surface area contributed by atoms with Crippen LogP contribution in [0.25, 0.3) is 0 Å². The summed E-state index contributed by atoms with van der Waals surface area (Å²) in [5.74, 6) is -2.13. The molecule has 1 aliphatic heterocycles. The van der Waals surface area contributed by atoms with E-state index in [1.807, 2.05) is 6.92 Å². The van der Waals surface area contributed by atoms with Crippen molar-refractivity contribution in [3.05, 3.63) is 11.3 Å². The van der Waals surface area contributed by atoms with E-state index in [0.717, 1.165) is 12.8 Å². The quantitative estimate of drug-likeness (QED) is 0.721. The van der Waals surface area contributed by atoms with Crippen LogP contribution in [0.3, 0.4) is 0 Å². The maximum Gasteiger partial charge on any atom is 0.374 e. The van der Waals surface area contributed by atoms with Crippen LogP contribution in [0, 0.1) is 0 Å². The van der Waals surface area contributed by atoms with Crippen molar-refractivity contribution in [1.29, 1.82) is 0 Å². The van der Waals surface area contributed by atoms with Crippen LogP contribution in [-0.4, -0.2) is 29.8 Å². The Morgan fingerprint density at radius 1 is 1.50 bits per heavy atom. The SMILES string of the molecule is CCCCC1OC(=O)C(O)=C1C(=O)OCC. The molecule has 0 aliphatic carbocycles. The maximum absolute atomic E-state index is 11.5. The van der Waals surface area contributed by atoms with E-state index in [0.29, 0.717) is 6.42 Å². The minimum Gasteiger partial charge on any atom is -0.501 e. The zero-order valence-electron chi connectivity index (χ0n) is 9.49. The van der Waals surface area contributed by atoms with Crippen molar-refractivity contribution in [2.24, 2.45) is 0 Å². The highest BCUT2D eigenvalue weighted by atomic mass is 16.6. The molecule has 1 rings (SSSR count). The first-order chi connectivity index (χ1) is 7.61. The van der Waals surface area contributed by atoms with Crippen LogP contribution in [0.15, 0.2) is 11.3 Å². The third kappa shape index (κ3) is 2.53. The first kappa shape index (κ1) is 12.5. The summed E-state index contributed by atoms with van der Waals surface area (Å²) in [6.07, 6.45) is 1.60. The Hall–Kier alpha value is -1.52. The van der Waals surface area contributed by atoms with Crippen LogP contribution in [0.2, 0.25) is 0 Å². The Morgan fingerprint density at radius 2 is 2.19 bits per heavy atom. The maximum atomic E-state index is 11.5. The summed E-state index contributed by atoms with van der Waals surface area (Å²) >= 11 is 0. The molecule has 90 valence electrons. The topological polar surface area (TPSA) is 72.8 Å². The van der Waals surface area contributed by atoms with Gasteiger partial charge in [-0.2, -0.15) is 0 Å². The van der Waals surface area contributed by atoms with Gasteiger partial charge in [0.2, 0.25) is 5.76 Å². The fourth-order valence-corrected chi connectivity index (χ4v) is 1.54. The van der Waals surface area contributed by atoms with E-state index in [2.05, 4.69) is 0 Å². The summed E-state index contributed by atoms with van der Waals surface area (Å²) in [6.45, 7) is 3.85. The molecule has 0 amide bonds. The Balaban J connectivity index is 2.80. The molecule has 0 spiro atoms. The molecule has 0 saturated carbocycles. The molecule has 0 saturated heterocycles. The molecular formula is C11H16O5. The molecule has 5 nitrogen and oxygen atoms in total. The van der Waals surface area contributed by atoms with E-state index < -0.39 is 23.8 Å². The van der Waals surface area contributed by atoms with E-state index in [1.54, 1.807) is 6.92 Å². The van der Waals surface area contributed by atoms with Gasteiger partial charge in [-0.25, -0.2) is 9.59 Å². The number of aliphatic hydroxyl groups is 1. The molecule has 16 heavy (non-hydrogen) atoms. The largest absolute Gasteiger partial charge is 0.501 e. The van der Waals surface area contributed by atoms with Gasteiger partial charge in [0, 0.05) is 0 Å². The molecule has 0 aromatic carbocycles.